The number of aliphatic carboxylic acids is 1. The number of nitriles is 1. The van der Waals surface area contributed by atoms with Crippen LogP contribution >= 0.6 is 0 Å². The highest BCUT2D eigenvalue weighted by atomic mass is 16.5. The molecule has 1 amide bonds. The fourth-order valence-corrected chi connectivity index (χ4v) is 2.23. The molecule has 6 nitrogen and oxygen atoms in total. The minimum absolute atomic E-state index is 0.261. The lowest BCUT2D eigenvalue weighted by molar-refractivity contribution is -0.148. The maximum Gasteiger partial charge on any atom is 0.326 e. The topological polar surface area (TPSA) is 90.6 Å². The van der Waals surface area contributed by atoms with Crippen LogP contribution in [0.15, 0.2) is 24.3 Å². The van der Waals surface area contributed by atoms with E-state index in [4.69, 9.17) is 15.1 Å². The van der Waals surface area contributed by atoms with Gasteiger partial charge in [-0.15, -0.1) is 0 Å². The third-order valence-electron chi connectivity index (χ3n) is 3.22. The summed E-state index contributed by atoms with van der Waals surface area (Å²) in [5.41, 5.74) is 0.344. The van der Waals surface area contributed by atoms with E-state index in [0.717, 1.165) is 0 Å². The number of rotatable bonds is 4. The van der Waals surface area contributed by atoms with Crippen LogP contribution in [0.1, 0.15) is 18.4 Å². The fraction of sp³-hybridized carbons (Fsp3) is 0.357. The molecule has 0 radical (unpaired) electrons. The van der Waals surface area contributed by atoms with Crippen molar-refractivity contribution < 1.29 is 19.4 Å². The molecule has 20 heavy (non-hydrogen) atoms. The Bertz CT molecular complexity index is 565. The van der Waals surface area contributed by atoms with Crippen molar-refractivity contribution in [1.29, 1.82) is 5.26 Å². The normalized spacial score (nSPS) is 17.6. The molecule has 0 bridgehead atoms. The van der Waals surface area contributed by atoms with Gasteiger partial charge in [0.05, 0.1) is 5.56 Å². The van der Waals surface area contributed by atoms with Gasteiger partial charge in [0.15, 0.2) is 6.61 Å². The van der Waals surface area contributed by atoms with Gasteiger partial charge < -0.3 is 14.7 Å². The number of carbonyl (C=O) groups is 2. The van der Waals surface area contributed by atoms with Crippen molar-refractivity contribution in [3.05, 3.63) is 29.8 Å². The summed E-state index contributed by atoms with van der Waals surface area (Å²) in [4.78, 5) is 24.3. The highest BCUT2D eigenvalue weighted by Gasteiger charge is 2.33. The largest absolute Gasteiger partial charge is 0.482 e. The Morgan fingerprint density at radius 3 is 2.90 bits per heavy atom. The molecule has 0 saturated carbocycles. The summed E-state index contributed by atoms with van der Waals surface area (Å²) in [5, 5.41) is 17.9. The SMILES string of the molecule is N#Cc1ccccc1OCC(=O)N1CCCC1C(=O)O. The molecule has 1 aliphatic rings. The lowest BCUT2D eigenvalue weighted by atomic mass is 10.2. The van der Waals surface area contributed by atoms with Crippen molar-refractivity contribution in [1.82, 2.24) is 4.90 Å². The van der Waals surface area contributed by atoms with Gasteiger partial charge in [0.2, 0.25) is 0 Å². The summed E-state index contributed by atoms with van der Waals surface area (Å²) in [6.45, 7) is 0.168. The number of amides is 1. The van der Waals surface area contributed by atoms with Crippen molar-refractivity contribution in [2.75, 3.05) is 13.2 Å². The van der Waals surface area contributed by atoms with Gasteiger partial charge in [0.1, 0.15) is 17.9 Å². The van der Waals surface area contributed by atoms with E-state index in [1.54, 1.807) is 24.3 Å². The number of benzene rings is 1. The third-order valence-corrected chi connectivity index (χ3v) is 3.22. The highest BCUT2D eigenvalue weighted by Crippen LogP contribution is 2.19. The summed E-state index contributed by atoms with van der Waals surface area (Å²) in [5.74, 6) is -1.04. The number of hydrogen-bond donors (Lipinski definition) is 1. The Balaban J connectivity index is 1.99. The Labute approximate surface area is 116 Å². The molecule has 6 heteroatoms. The summed E-state index contributed by atoms with van der Waals surface area (Å²) in [6, 6.07) is 7.81. The maximum atomic E-state index is 12.0. The highest BCUT2D eigenvalue weighted by molar-refractivity contribution is 5.85. The summed E-state index contributed by atoms with van der Waals surface area (Å²) < 4.78 is 5.32. The number of carboxylic acids is 1. The number of likely N-dealkylation sites (tertiary alicyclic amines) is 1. The first-order valence-electron chi connectivity index (χ1n) is 6.27. The van der Waals surface area contributed by atoms with Gasteiger partial charge in [-0.3, -0.25) is 4.79 Å². The van der Waals surface area contributed by atoms with E-state index in [1.165, 1.54) is 4.90 Å². The van der Waals surface area contributed by atoms with Crippen LogP contribution < -0.4 is 4.74 Å². The molecule has 1 N–H and O–H groups in total. The number of ether oxygens (including phenoxy) is 1. The molecule has 1 aromatic rings. The summed E-state index contributed by atoms with van der Waals surface area (Å²) in [7, 11) is 0. The van der Waals surface area contributed by atoms with Gasteiger partial charge in [-0.25, -0.2) is 4.79 Å². The molecule has 104 valence electrons. The van der Waals surface area contributed by atoms with Crippen molar-refractivity contribution in [2.45, 2.75) is 18.9 Å². The molecule has 1 heterocycles. The van der Waals surface area contributed by atoms with Crippen molar-refractivity contribution >= 4 is 11.9 Å². The molecule has 0 aliphatic carbocycles. The number of hydrogen-bond acceptors (Lipinski definition) is 4. The average molecular weight is 274 g/mol. The van der Waals surface area contributed by atoms with Crippen molar-refractivity contribution in [3.8, 4) is 11.8 Å². The lowest BCUT2D eigenvalue weighted by Crippen LogP contribution is -2.42. The van der Waals surface area contributed by atoms with E-state index in [9.17, 15) is 9.59 Å². The zero-order chi connectivity index (χ0) is 14.5. The second-order valence-corrected chi connectivity index (χ2v) is 4.48. The third kappa shape index (κ3) is 2.88. The minimum atomic E-state index is -0.992. The second-order valence-electron chi connectivity index (χ2n) is 4.48. The molecule has 1 aromatic carbocycles. The van der Waals surface area contributed by atoms with Gasteiger partial charge >= 0.3 is 5.97 Å². The Kier molecular flexibility index (Phi) is 4.20. The van der Waals surface area contributed by atoms with Gasteiger partial charge in [-0.2, -0.15) is 5.26 Å². The first kappa shape index (κ1) is 13.9. The van der Waals surface area contributed by atoms with Crippen LogP contribution in [0.4, 0.5) is 0 Å². The van der Waals surface area contributed by atoms with Crippen LogP contribution in [-0.2, 0) is 9.59 Å². The van der Waals surface area contributed by atoms with Crippen LogP contribution in [0.2, 0.25) is 0 Å². The van der Waals surface area contributed by atoms with Gasteiger partial charge in [0.25, 0.3) is 5.91 Å². The molecule has 2 rings (SSSR count). The van der Waals surface area contributed by atoms with Gasteiger partial charge in [0, 0.05) is 6.54 Å². The van der Waals surface area contributed by atoms with E-state index in [2.05, 4.69) is 0 Å². The first-order chi connectivity index (χ1) is 9.63. The number of para-hydroxylation sites is 1. The average Bonchev–Trinajstić information content (AvgIpc) is 2.94. The number of carboxylic acid groups (broad SMARTS) is 1. The molecule has 1 saturated heterocycles. The predicted octanol–water partition coefficient (Wildman–Crippen LogP) is 1.01. The van der Waals surface area contributed by atoms with Crippen LogP contribution in [0.25, 0.3) is 0 Å². The molecule has 1 aliphatic heterocycles. The fourth-order valence-electron chi connectivity index (χ4n) is 2.23. The molecule has 1 atom stereocenters. The van der Waals surface area contributed by atoms with E-state index in [0.29, 0.717) is 30.7 Å². The Morgan fingerprint density at radius 1 is 1.45 bits per heavy atom. The standard InChI is InChI=1S/C14H14N2O4/c15-8-10-4-1-2-6-12(10)20-9-13(17)16-7-3-5-11(16)14(18)19/h1-2,4,6,11H,3,5,7,9H2,(H,18,19). The van der Waals surface area contributed by atoms with Crippen LogP contribution in [0.5, 0.6) is 5.75 Å². The zero-order valence-electron chi connectivity index (χ0n) is 10.8. The number of nitrogens with zero attached hydrogens (tertiary/aromatic N) is 2. The monoisotopic (exact) mass is 274 g/mol. The molecule has 0 spiro atoms. The first-order valence-corrected chi connectivity index (χ1v) is 6.27. The maximum absolute atomic E-state index is 12.0. The zero-order valence-corrected chi connectivity index (χ0v) is 10.8. The molecule has 1 unspecified atom stereocenters. The van der Waals surface area contributed by atoms with Gasteiger partial charge in [-0.05, 0) is 25.0 Å². The van der Waals surface area contributed by atoms with Crippen molar-refractivity contribution in [2.24, 2.45) is 0 Å². The minimum Gasteiger partial charge on any atom is -0.482 e. The Hall–Kier alpha value is -2.55. The number of carbonyl (C=O) groups excluding carboxylic acids is 1. The van der Waals surface area contributed by atoms with E-state index < -0.39 is 12.0 Å². The van der Waals surface area contributed by atoms with E-state index in [1.807, 2.05) is 6.07 Å². The van der Waals surface area contributed by atoms with E-state index >= 15 is 0 Å². The second kappa shape index (κ2) is 6.06. The predicted molar refractivity (Wildman–Crippen MR) is 69.0 cm³/mol. The van der Waals surface area contributed by atoms with Gasteiger partial charge in [-0.1, -0.05) is 12.1 Å². The van der Waals surface area contributed by atoms with Crippen LogP contribution in [-0.4, -0.2) is 41.1 Å². The van der Waals surface area contributed by atoms with Crippen LogP contribution in [0.3, 0.4) is 0 Å². The molecule has 0 aromatic heterocycles. The quantitative estimate of drug-likeness (QED) is 0.885. The summed E-state index contributed by atoms with van der Waals surface area (Å²) >= 11 is 0. The lowest BCUT2D eigenvalue weighted by Gasteiger charge is -2.21. The summed E-state index contributed by atoms with van der Waals surface area (Å²) in [6.07, 6.45) is 1.15. The van der Waals surface area contributed by atoms with Crippen molar-refractivity contribution in [3.63, 3.8) is 0 Å². The Morgan fingerprint density at radius 2 is 2.20 bits per heavy atom. The smallest absolute Gasteiger partial charge is 0.326 e. The molecular formula is C14H14N2O4. The van der Waals surface area contributed by atoms with Crippen LogP contribution in [0, 0.1) is 11.3 Å². The molecular weight excluding hydrogens is 260 g/mol. The van der Waals surface area contributed by atoms with E-state index in [-0.39, 0.29) is 12.5 Å². The molecule has 1 fully saturated rings.